The van der Waals surface area contributed by atoms with Gasteiger partial charge < -0.3 is 10.6 Å². The van der Waals surface area contributed by atoms with E-state index < -0.39 is 41.1 Å². The molecule has 0 fully saturated rings. The zero-order valence-electron chi connectivity index (χ0n) is 15.5. The molecule has 2 rings (SSSR count). The van der Waals surface area contributed by atoms with Crippen molar-refractivity contribution in [2.24, 2.45) is 0 Å². The molecule has 0 aliphatic rings. The van der Waals surface area contributed by atoms with Crippen LogP contribution in [0.15, 0.2) is 42.5 Å². The van der Waals surface area contributed by atoms with Crippen LogP contribution in [0.5, 0.6) is 0 Å². The monoisotopic (exact) mass is 409 g/mol. The van der Waals surface area contributed by atoms with E-state index in [2.05, 4.69) is 10.6 Å². The summed E-state index contributed by atoms with van der Waals surface area (Å²) in [6, 6.07) is 7.68. The molecule has 0 aliphatic carbocycles. The smallest absolute Gasteiger partial charge is 0.348 e. The molecule has 29 heavy (non-hydrogen) atoms. The van der Waals surface area contributed by atoms with Gasteiger partial charge in [-0.3, -0.25) is 19.7 Å². The number of aryl methyl sites for hydroxylation is 1. The molecular weight excluding hydrogens is 391 g/mol. The van der Waals surface area contributed by atoms with Crippen LogP contribution in [0.25, 0.3) is 0 Å². The molecule has 0 heterocycles. The predicted octanol–water partition coefficient (Wildman–Crippen LogP) is 3.53. The lowest BCUT2D eigenvalue weighted by molar-refractivity contribution is -0.385. The first kappa shape index (κ1) is 21.9. The molecule has 0 radical (unpaired) electrons. The van der Waals surface area contributed by atoms with Crippen molar-refractivity contribution in [1.29, 1.82) is 0 Å². The lowest BCUT2D eigenvalue weighted by Crippen LogP contribution is -2.38. The normalized spacial score (nSPS) is 12.2. The maximum absolute atomic E-state index is 12.8. The Hall–Kier alpha value is -3.43. The topological polar surface area (TPSA) is 101 Å². The molecule has 1 atom stereocenters. The van der Waals surface area contributed by atoms with E-state index in [-0.39, 0.29) is 16.8 Å². The highest BCUT2D eigenvalue weighted by Crippen LogP contribution is 2.30. The molecule has 1 unspecified atom stereocenters. The number of benzene rings is 2. The number of nitro benzene ring substituents is 1. The van der Waals surface area contributed by atoms with Gasteiger partial charge in [0, 0.05) is 17.2 Å². The van der Waals surface area contributed by atoms with E-state index in [9.17, 15) is 32.9 Å². The van der Waals surface area contributed by atoms with Crippen LogP contribution in [0.2, 0.25) is 0 Å². The standard InChI is InChI=1S/C19H18F3N3O4/c1-11-8-14(6-7-16(11)25(28)29)18(27)23-10-17(26)24-12(2)13-4-3-5-15(9-13)19(20,21)22/h3-9,12H,10H2,1-2H3,(H,23,27)(H,24,26). The number of carbonyl (C=O) groups is 2. The predicted molar refractivity (Wildman–Crippen MR) is 98.2 cm³/mol. The molecule has 2 amide bonds. The van der Waals surface area contributed by atoms with Gasteiger partial charge in [0.2, 0.25) is 5.91 Å². The van der Waals surface area contributed by atoms with Crippen molar-refractivity contribution >= 4 is 17.5 Å². The molecule has 0 aromatic heterocycles. The number of hydrogen-bond donors (Lipinski definition) is 2. The van der Waals surface area contributed by atoms with E-state index in [0.717, 1.165) is 12.1 Å². The molecule has 2 aromatic carbocycles. The van der Waals surface area contributed by atoms with Gasteiger partial charge in [0.15, 0.2) is 0 Å². The number of carbonyl (C=O) groups excluding carboxylic acids is 2. The number of rotatable bonds is 6. The van der Waals surface area contributed by atoms with Crippen molar-refractivity contribution in [3.8, 4) is 0 Å². The van der Waals surface area contributed by atoms with E-state index >= 15 is 0 Å². The summed E-state index contributed by atoms with van der Waals surface area (Å²) in [5.41, 5.74) is -0.241. The highest BCUT2D eigenvalue weighted by molar-refractivity contribution is 5.96. The summed E-state index contributed by atoms with van der Waals surface area (Å²) in [5, 5.41) is 15.7. The molecule has 0 aliphatic heterocycles. The van der Waals surface area contributed by atoms with Crippen LogP contribution in [-0.2, 0) is 11.0 Å². The fourth-order valence-electron chi connectivity index (χ4n) is 2.62. The highest BCUT2D eigenvalue weighted by Gasteiger charge is 2.30. The maximum Gasteiger partial charge on any atom is 0.416 e. The molecule has 0 spiro atoms. The van der Waals surface area contributed by atoms with Crippen molar-refractivity contribution in [2.75, 3.05) is 6.54 Å². The van der Waals surface area contributed by atoms with Crippen molar-refractivity contribution in [3.05, 3.63) is 74.8 Å². The number of halogens is 3. The average molecular weight is 409 g/mol. The summed E-state index contributed by atoms with van der Waals surface area (Å²) in [7, 11) is 0. The van der Waals surface area contributed by atoms with E-state index in [0.29, 0.717) is 5.56 Å². The van der Waals surface area contributed by atoms with Crippen molar-refractivity contribution in [3.63, 3.8) is 0 Å². The summed E-state index contributed by atoms with van der Waals surface area (Å²) in [6.45, 7) is 2.60. The summed E-state index contributed by atoms with van der Waals surface area (Å²) in [6.07, 6.45) is -4.49. The average Bonchev–Trinajstić information content (AvgIpc) is 2.65. The molecular formula is C19H18F3N3O4. The van der Waals surface area contributed by atoms with Gasteiger partial charge in [-0.05, 0) is 43.7 Å². The minimum atomic E-state index is -4.49. The first-order chi connectivity index (χ1) is 13.5. The fourth-order valence-corrected chi connectivity index (χ4v) is 2.62. The summed E-state index contributed by atoms with van der Waals surface area (Å²) >= 11 is 0. The third-order valence-corrected chi connectivity index (χ3v) is 4.16. The van der Waals surface area contributed by atoms with Gasteiger partial charge in [-0.2, -0.15) is 13.2 Å². The molecule has 0 saturated heterocycles. The Balaban J connectivity index is 1.95. The Labute approximate surface area is 164 Å². The van der Waals surface area contributed by atoms with Gasteiger partial charge in [-0.1, -0.05) is 12.1 Å². The molecule has 2 aromatic rings. The third-order valence-electron chi connectivity index (χ3n) is 4.16. The second-order valence-corrected chi connectivity index (χ2v) is 6.35. The number of nitrogens with one attached hydrogen (secondary N) is 2. The Morgan fingerprint density at radius 2 is 1.86 bits per heavy atom. The summed E-state index contributed by atoms with van der Waals surface area (Å²) in [5.74, 6) is -1.20. The SMILES string of the molecule is Cc1cc(C(=O)NCC(=O)NC(C)c2cccc(C(F)(F)F)c2)ccc1[N+](=O)[O-]. The third kappa shape index (κ3) is 5.77. The van der Waals surface area contributed by atoms with Gasteiger partial charge in [0.1, 0.15) is 0 Å². The Bertz CT molecular complexity index is 945. The fraction of sp³-hybridized carbons (Fsp3) is 0.263. The number of amides is 2. The number of nitrogens with zero attached hydrogens (tertiary/aromatic N) is 1. The van der Waals surface area contributed by atoms with E-state index in [4.69, 9.17) is 0 Å². The zero-order chi connectivity index (χ0) is 21.8. The van der Waals surface area contributed by atoms with Crippen LogP contribution in [0.4, 0.5) is 18.9 Å². The van der Waals surface area contributed by atoms with Crippen LogP contribution in [0, 0.1) is 17.0 Å². The molecule has 7 nitrogen and oxygen atoms in total. The molecule has 0 bridgehead atoms. The first-order valence-electron chi connectivity index (χ1n) is 8.49. The van der Waals surface area contributed by atoms with Gasteiger partial charge in [0.25, 0.3) is 11.6 Å². The molecule has 0 saturated carbocycles. The van der Waals surface area contributed by atoms with Gasteiger partial charge in [-0.25, -0.2) is 0 Å². The van der Waals surface area contributed by atoms with Crippen molar-refractivity contribution in [2.45, 2.75) is 26.1 Å². The summed E-state index contributed by atoms with van der Waals surface area (Å²) in [4.78, 5) is 34.4. The molecule has 154 valence electrons. The number of alkyl halides is 3. The lowest BCUT2D eigenvalue weighted by Gasteiger charge is -2.16. The second-order valence-electron chi connectivity index (χ2n) is 6.35. The minimum Gasteiger partial charge on any atom is -0.348 e. The van der Waals surface area contributed by atoms with Crippen LogP contribution < -0.4 is 10.6 Å². The number of nitro groups is 1. The van der Waals surface area contributed by atoms with Crippen LogP contribution in [0.3, 0.4) is 0 Å². The highest BCUT2D eigenvalue weighted by atomic mass is 19.4. The lowest BCUT2D eigenvalue weighted by atomic mass is 10.0. The van der Waals surface area contributed by atoms with Crippen molar-refractivity contribution < 1.29 is 27.7 Å². The van der Waals surface area contributed by atoms with Gasteiger partial charge in [-0.15, -0.1) is 0 Å². The van der Waals surface area contributed by atoms with Crippen LogP contribution in [-0.4, -0.2) is 23.3 Å². The zero-order valence-corrected chi connectivity index (χ0v) is 15.5. The Morgan fingerprint density at radius 3 is 2.45 bits per heavy atom. The van der Waals surface area contributed by atoms with Crippen LogP contribution >= 0.6 is 0 Å². The van der Waals surface area contributed by atoms with Gasteiger partial charge in [0.05, 0.1) is 23.1 Å². The van der Waals surface area contributed by atoms with E-state index in [1.54, 1.807) is 0 Å². The molecule has 10 heteroatoms. The minimum absolute atomic E-state index is 0.130. The number of hydrogen-bond acceptors (Lipinski definition) is 4. The Kier molecular flexibility index (Phi) is 6.57. The van der Waals surface area contributed by atoms with Crippen molar-refractivity contribution in [1.82, 2.24) is 10.6 Å². The van der Waals surface area contributed by atoms with E-state index in [1.165, 1.54) is 44.2 Å². The quantitative estimate of drug-likeness (QED) is 0.563. The maximum atomic E-state index is 12.8. The second kappa shape index (κ2) is 8.72. The largest absolute Gasteiger partial charge is 0.416 e. The molecule has 2 N–H and O–H groups in total. The van der Waals surface area contributed by atoms with Gasteiger partial charge >= 0.3 is 6.18 Å². The Morgan fingerprint density at radius 1 is 1.17 bits per heavy atom. The summed E-state index contributed by atoms with van der Waals surface area (Å²) < 4.78 is 38.4. The first-order valence-corrected chi connectivity index (χ1v) is 8.49. The van der Waals surface area contributed by atoms with E-state index in [1.807, 2.05) is 0 Å². The van der Waals surface area contributed by atoms with Crippen LogP contribution in [0.1, 0.15) is 40.0 Å².